The molecule has 1 aliphatic rings. The molecule has 1 fully saturated rings. The van der Waals surface area contributed by atoms with Gasteiger partial charge in [0.2, 0.25) is 10.0 Å². The van der Waals surface area contributed by atoms with E-state index in [1.807, 2.05) is 36.1 Å². The SMILES string of the molecule is Cc1ccc(C(=O)N2CCC(CCNS(=O)(=O)c3ccccc3Cl)CC2)cc1. The van der Waals surface area contributed by atoms with E-state index in [2.05, 4.69) is 4.72 Å². The first-order chi connectivity index (χ1) is 13.4. The first-order valence-corrected chi connectivity index (χ1v) is 11.3. The van der Waals surface area contributed by atoms with Gasteiger partial charge < -0.3 is 4.90 Å². The highest BCUT2D eigenvalue weighted by atomic mass is 35.5. The summed E-state index contributed by atoms with van der Waals surface area (Å²) in [6.07, 6.45) is 2.51. The summed E-state index contributed by atoms with van der Waals surface area (Å²) >= 11 is 5.98. The summed E-state index contributed by atoms with van der Waals surface area (Å²) < 4.78 is 27.4. The van der Waals surface area contributed by atoms with Crippen LogP contribution in [0.15, 0.2) is 53.4 Å². The molecule has 0 aromatic heterocycles. The number of nitrogens with one attached hydrogen (secondary N) is 1. The Labute approximate surface area is 171 Å². The molecule has 1 amide bonds. The highest BCUT2D eigenvalue weighted by Crippen LogP contribution is 2.23. The number of carbonyl (C=O) groups excluding carboxylic acids is 1. The van der Waals surface area contributed by atoms with Crippen LogP contribution in [-0.4, -0.2) is 38.9 Å². The normalized spacial score (nSPS) is 15.6. The molecule has 1 aliphatic heterocycles. The molecule has 1 N–H and O–H groups in total. The van der Waals surface area contributed by atoms with Crippen molar-refractivity contribution in [2.75, 3.05) is 19.6 Å². The van der Waals surface area contributed by atoms with Crippen LogP contribution in [0.1, 0.15) is 35.2 Å². The van der Waals surface area contributed by atoms with E-state index in [4.69, 9.17) is 11.6 Å². The molecule has 7 heteroatoms. The fraction of sp³-hybridized carbons (Fsp3) is 0.381. The van der Waals surface area contributed by atoms with E-state index in [1.54, 1.807) is 18.2 Å². The number of amides is 1. The van der Waals surface area contributed by atoms with Gasteiger partial charge in [0.1, 0.15) is 4.90 Å². The average Bonchev–Trinajstić information content (AvgIpc) is 2.69. The molecule has 0 radical (unpaired) electrons. The van der Waals surface area contributed by atoms with Crippen molar-refractivity contribution < 1.29 is 13.2 Å². The summed E-state index contributed by atoms with van der Waals surface area (Å²) in [7, 11) is -3.60. The molecular weight excluding hydrogens is 396 g/mol. The van der Waals surface area contributed by atoms with Crippen LogP contribution in [0.2, 0.25) is 5.02 Å². The Morgan fingerprint density at radius 1 is 1.11 bits per heavy atom. The standard InChI is InChI=1S/C21H25ClN2O3S/c1-16-6-8-18(9-7-16)21(25)24-14-11-17(12-15-24)10-13-23-28(26,27)20-5-3-2-4-19(20)22/h2-9,17,23H,10-15H2,1H3. The van der Waals surface area contributed by atoms with Crippen LogP contribution in [0.5, 0.6) is 0 Å². The molecule has 1 heterocycles. The molecule has 2 aromatic carbocycles. The van der Waals surface area contributed by atoms with E-state index < -0.39 is 10.0 Å². The third-order valence-electron chi connectivity index (χ3n) is 5.17. The first kappa shape index (κ1) is 20.8. The van der Waals surface area contributed by atoms with Gasteiger partial charge in [-0.2, -0.15) is 0 Å². The van der Waals surface area contributed by atoms with Crippen LogP contribution in [0, 0.1) is 12.8 Å². The molecule has 3 rings (SSSR count). The molecule has 0 spiro atoms. The summed E-state index contributed by atoms with van der Waals surface area (Å²) in [5.74, 6) is 0.467. The van der Waals surface area contributed by atoms with Crippen LogP contribution in [0.3, 0.4) is 0 Å². The monoisotopic (exact) mass is 420 g/mol. The second-order valence-electron chi connectivity index (χ2n) is 7.22. The quantitative estimate of drug-likeness (QED) is 0.771. The van der Waals surface area contributed by atoms with E-state index in [0.29, 0.717) is 25.6 Å². The third-order valence-corrected chi connectivity index (χ3v) is 7.13. The number of aryl methyl sites for hydroxylation is 1. The first-order valence-electron chi connectivity index (χ1n) is 9.47. The number of hydrogen-bond donors (Lipinski definition) is 1. The highest BCUT2D eigenvalue weighted by Gasteiger charge is 2.24. The van der Waals surface area contributed by atoms with Gasteiger partial charge in [0, 0.05) is 25.2 Å². The number of sulfonamides is 1. The topological polar surface area (TPSA) is 66.5 Å². The summed E-state index contributed by atoms with van der Waals surface area (Å²) in [6, 6.07) is 14.1. The van der Waals surface area contributed by atoms with Gasteiger partial charge in [-0.15, -0.1) is 0 Å². The van der Waals surface area contributed by atoms with Crippen molar-refractivity contribution in [2.45, 2.75) is 31.1 Å². The Kier molecular flexibility index (Phi) is 6.75. The maximum Gasteiger partial charge on any atom is 0.253 e. The third kappa shape index (κ3) is 5.13. The minimum absolute atomic E-state index is 0.0675. The lowest BCUT2D eigenvalue weighted by atomic mass is 9.93. The molecule has 0 saturated carbocycles. The van der Waals surface area contributed by atoms with Gasteiger partial charge in [0.15, 0.2) is 0 Å². The predicted molar refractivity (Wildman–Crippen MR) is 111 cm³/mol. The zero-order chi connectivity index (χ0) is 20.1. The Balaban J connectivity index is 1.46. The molecular formula is C21H25ClN2O3S. The second-order valence-corrected chi connectivity index (χ2v) is 9.36. The Morgan fingerprint density at radius 3 is 2.39 bits per heavy atom. The van der Waals surface area contributed by atoms with Crippen molar-refractivity contribution in [1.82, 2.24) is 9.62 Å². The Morgan fingerprint density at radius 2 is 1.75 bits per heavy atom. The molecule has 0 unspecified atom stereocenters. The van der Waals surface area contributed by atoms with Crippen LogP contribution < -0.4 is 4.72 Å². The predicted octanol–water partition coefficient (Wildman–Crippen LogP) is 3.87. The lowest BCUT2D eigenvalue weighted by molar-refractivity contribution is 0.0687. The molecule has 28 heavy (non-hydrogen) atoms. The van der Waals surface area contributed by atoms with Gasteiger partial charge in [-0.1, -0.05) is 41.4 Å². The van der Waals surface area contributed by atoms with E-state index >= 15 is 0 Å². The van der Waals surface area contributed by atoms with E-state index in [9.17, 15) is 13.2 Å². The molecule has 1 saturated heterocycles. The van der Waals surface area contributed by atoms with Crippen molar-refractivity contribution in [3.63, 3.8) is 0 Å². The number of hydrogen-bond acceptors (Lipinski definition) is 3. The number of likely N-dealkylation sites (tertiary alicyclic amines) is 1. The molecule has 150 valence electrons. The maximum atomic E-state index is 12.6. The Hall–Kier alpha value is -1.89. The minimum Gasteiger partial charge on any atom is -0.339 e. The second kappa shape index (κ2) is 9.07. The van der Waals surface area contributed by atoms with E-state index in [-0.39, 0.29) is 15.8 Å². The van der Waals surface area contributed by atoms with Crippen LogP contribution in [0.4, 0.5) is 0 Å². The van der Waals surface area contributed by atoms with E-state index in [1.165, 1.54) is 6.07 Å². The largest absolute Gasteiger partial charge is 0.339 e. The number of carbonyl (C=O) groups is 1. The smallest absolute Gasteiger partial charge is 0.253 e. The van der Waals surface area contributed by atoms with Gasteiger partial charge in [0.25, 0.3) is 5.91 Å². The number of piperidine rings is 1. The van der Waals surface area contributed by atoms with Gasteiger partial charge >= 0.3 is 0 Å². The fourth-order valence-corrected chi connectivity index (χ4v) is 5.01. The number of benzene rings is 2. The van der Waals surface area contributed by atoms with Crippen LogP contribution in [-0.2, 0) is 10.0 Å². The maximum absolute atomic E-state index is 12.6. The summed E-state index contributed by atoms with van der Waals surface area (Å²) in [6.45, 7) is 3.77. The van der Waals surface area contributed by atoms with E-state index in [0.717, 1.165) is 30.4 Å². The van der Waals surface area contributed by atoms with Gasteiger partial charge in [-0.05, 0) is 56.4 Å². The zero-order valence-corrected chi connectivity index (χ0v) is 17.5. The summed E-state index contributed by atoms with van der Waals surface area (Å²) in [4.78, 5) is 14.6. The van der Waals surface area contributed by atoms with Gasteiger partial charge in [0.05, 0.1) is 5.02 Å². The minimum atomic E-state index is -3.60. The average molecular weight is 421 g/mol. The summed E-state index contributed by atoms with van der Waals surface area (Å²) in [5.41, 5.74) is 1.85. The van der Waals surface area contributed by atoms with Crippen molar-refractivity contribution in [3.05, 3.63) is 64.7 Å². The molecule has 0 bridgehead atoms. The Bertz CT molecular complexity index is 921. The number of halogens is 1. The lowest BCUT2D eigenvalue weighted by Gasteiger charge is -2.32. The van der Waals surface area contributed by atoms with Crippen LogP contribution >= 0.6 is 11.6 Å². The van der Waals surface area contributed by atoms with Crippen molar-refractivity contribution >= 4 is 27.5 Å². The molecule has 2 aromatic rings. The summed E-state index contributed by atoms with van der Waals surface area (Å²) in [5, 5.41) is 0.220. The highest BCUT2D eigenvalue weighted by molar-refractivity contribution is 7.89. The lowest BCUT2D eigenvalue weighted by Crippen LogP contribution is -2.39. The number of nitrogens with zero attached hydrogens (tertiary/aromatic N) is 1. The number of rotatable bonds is 6. The fourth-order valence-electron chi connectivity index (χ4n) is 3.44. The van der Waals surface area contributed by atoms with Crippen molar-refractivity contribution in [1.29, 1.82) is 0 Å². The van der Waals surface area contributed by atoms with Crippen molar-refractivity contribution in [3.8, 4) is 0 Å². The molecule has 0 aliphatic carbocycles. The molecule has 5 nitrogen and oxygen atoms in total. The van der Waals surface area contributed by atoms with Crippen LogP contribution in [0.25, 0.3) is 0 Å². The zero-order valence-electron chi connectivity index (χ0n) is 15.9. The van der Waals surface area contributed by atoms with Crippen molar-refractivity contribution in [2.24, 2.45) is 5.92 Å². The van der Waals surface area contributed by atoms with Gasteiger partial charge in [-0.3, -0.25) is 4.79 Å². The molecule has 0 atom stereocenters. The van der Waals surface area contributed by atoms with Gasteiger partial charge in [-0.25, -0.2) is 13.1 Å².